The Morgan fingerprint density at radius 2 is 2.43 bits per heavy atom. The highest BCUT2D eigenvalue weighted by Crippen LogP contribution is 2.27. The van der Waals surface area contributed by atoms with E-state index in [0.717, 1.165) is 0 Å². The minimum Gasteiger partial charge on any atom is -0.390 e. The van der Waals surface area contributed by atoms with Crippen LogP contribution in [0.25, 0.3) is 0 Å². The van der Waals surface area contributed by atoms with Gasteiger partial charge in [-0.25, -0.2) is 4.79 Å². The van der Waals surface area contributed by atoms with Crippen molar-refractivity contribution in [3.63, 3.8) is 0 Å². The number of H-pyrrole nitrogens is 1. The predicted molar refractivity (Wildman–Crippen MR) is 74.7 cm³/mol. The molecule has 3 N–H and O–H groups in total. The Labute approximate surface area is 121 Å². The molecule has 0 saturated carbocycles. The maximum atomic E-state index is 11.8. The Morgan fingerprint density at radius 1 is 1.67 bits per heavy atom. The number of hydroxylamine groups is 1. The maximum Gasteiger partial charge on any atom is 0.330 e. The summed E-state index contributed by atoms with van der Waals surface area (Å²) in [5, 5.41) is 9.95. The first-order valence-electron chi connectivity index (χ1n) is 6.64. The van der Waals surface area contributed by atoms with Gasteiger partial charge in [-0.1, -0.05) is 6.08 Å². The lowest BCUT2D eigenvalue weighted by atomic mass is 10.2. The van der Waals surface area contributed by atoms with Crippen molar-refractivity contribution < 1.29 is 14.7 Å². The Morgan fingerprint density at radius 3 is 3.14 bits per heavy atom. The van der Waals surface area contributed by atoms with E-state index >= 15 is 0 Å². The summed E-state index contributed by atoms with van der Waals surface area (Å²) in [4.78, 5) is 30.5. The topological polar surface area (TPSA) is 106 Å². The van der Waals surface area contributed by atoms with Crippen molar-refractivity contribution in [3.05, 3.63) is 45.3 Å². The van der Waals surface area contributed by atoms with Crippen molar-refractivity contribution in [1.29, 1.82) is 0 Å². The maximum absolute atomic E-state index is 11.8. The molecule has 0 unspecified atom stereocenters. The second-order valence-electron chi connectivity index (χ2n) is 4.86. The van der Waals surface area contributed by atoms with Gasteiger partial charge in [0.15, 0.2) is 0 Å². The molecular weight excluding hydrogens is 278 g/mol. The first-order chi connectivity index (χ1) is 10.0. The first kappa shape index (κ1) is 15.6. The number of ether oxygens (including phenoxy) is 1. The van der Waals surface area contributed by atoms with Crippen LogP contribution in [0.15, 0.2) is 28.4 Å². The third-order valence-corrected chi connectivity index (χ3v) is 3.24. The number of hydrogen-bond acceptors (Lipinski definition) is 6. The fraction of sp³-hybridized carbons (Fsp3) is 0.538. The van der Waals surface area contributed by atoms with Crippen molar-refractivity contribution in [3.8, 4) is 0 Å². The molecule has 3 atom stereocenters. The highest BCUT2D eigenvalue weighted by atomic mass is 16.7. The van der Waals surface area contributed by atoms with E-state index < -0.39 is 29.7 Å². The van der Waals surface area contributed by atoms with Crippen LogP contribution in [0.4, 0.5) is 0 Å². The van der Waals surface area contributed by atoms with Crippen LogP contribution in [0.1, 0.15) is 18.2 Å². The highest BCUT2D eigenvalue weighted by Gasteiger charge is 2.35. The molecule has 1 saturated heterocycles. The van der Waals surface area contributed by atoms with E-state index in [1.807, 2.05) is 0 Å². The van der Waals surface area contributed by atoms with Crippen LogP contribution in [0, 0.1) is 6.92 Å². The van der Waals surface area contributed by atoms with Crippen LogP contribution in [0.3, 0.4) is 0 Å². The van der Waals surface area contributed by atoms with E-state index in [9.17, 15) is 14.7 Å². The summed E-state index contributed by atoms with van der Waals surface area (Å²) in [6.07, 6.45) is 1.39. The summed E-state index contributed by atoms with van der Waals surface area (Å²) < 4.78 is 6.89. The second-order valence-corrected chi connectivity index (χ2v) is 4.86. The van der Waals surface area contributed by atoms with Crippen molar-refractivity contribution in [2.75, 3.05) is 13.2 Å². The molecule has 1 aliphatic heterocycles. The molecular formula is C13H19N3O5. The van der Waals surface area contributed by atoms with E-state index in [1.165, 1.54) is 10.8 Å². The predicted octanol–water partition coefficient (Wildman–Crippen LogP) is -0.799. The molecule has 116 valence electrons. The van der Waals surface area contributed by atoms with E-state index in [-0.39, 0.29) is 13.0 Å². The van der Waals surface area contributed by atoms with E-state index in [1.54, 1.807) is 13.0 Å². The average molecular weight is 297 g/mol. The Balaban J connectivity index is 2.03. The number of rotatable bonds is 6. The van der Waals surface area contributed by atoms with Crippen LogP contribution in [0.5, 0.6) is 0 Å². The zero-order chi connectivity index (χ0) is 15.4. The van der Waals surface area contributed by atoms with Crippen LogP contribution >= 0.6 is 0 Å². The molecule has 0 bridgehead atoms. The van der Waals surface area contributed by atoms with Gasteiger partial charge >= 0.3 is 5.69 Å². The summed E-state index contributed by atoms with van der Waals surface area (Å²) in [6.45, 7) is 5.75. The molecule has 1 aromatic rings. The number of aliphatic hydroxyl groups excluding tert-OH is 1. The molecule has 0 radical (unpaired) electrons. The number of nitrogens with zero attached hydrogens (tertiary/aromatic N) is 1. The monoisotopic (exact) mass is 297 g/mol. The molecule has 0 aliphatic carbocycles. The van der Waals surface area contributed by atoms with E-state index in [4.69, 9.17) is 9.57 Å². The molecule has 8 nitrogen and oxygen atoms in total. The Bertz CT molecular complexity index is 609. The largest absolute Gasteiger partial charge is 0.390 e. The third kappa shape index (κ3) is 3.67. The van der Waals surface area contributed by atoms with Crippen LogP contribution in [-0.4, -0.2) is 40.0 Å². The van der Waals surface area contributed by atoms with Gasteiger partial charge in [-0.2, -0.15) is 5.48 Å². The van der Waals surface area contributed by atoms with Crippen molar-refractivity contribution in [2.45, 2.75) is 31.8 Å². The minimum atomic E-state index is -0.750. The lowest BCUT2D eigenvalue weighted by Gasteiger charge is -2.16. The van der Waals surface area contributed by atoms with Gasteiger partial charge in [0, 0.05) is 24.7 Å². The number of aliphatic hydroxyl groups is 1. The summed E-state index contributed by atoms with van der Waals surface area (Å²) in [5.74, 6) is 0. The number of aryl methyl sites for hydroxylation is 1. The second kappa shape index (κ2) is 6.81. The SMILES string of the molecule is C=CCNOC[C@H]1O[C@@H](n2cc(C)c(=O)[nH]c2=O)C[C@@H]1O. The smallest absolute Gasteiger partial charge is 0.330 e. The van der Waals surface area contributed by atoms with Crippen molar-refractivity contribution >= 4 is 0 Å². The highest BCUT2D eigenvalue weighted by molar-refractivity contribution is 5.02. The number of aromatic amines is 1. The molecule has 0 aromatic carbocycles. The van der Waals surface area contributed by atoms with Gasteiger partial charge in [0.25, 0.3) is 5.56 Å². The summed E-state index contributed by atoms with van der Waals surface area (Å²) in [5.41, 5.74) is 2.05. The zero-order valence-electron chi connectivity index (χ0n) is 11.7. The summed E-state index contributed by atoms with van der Waals surface area (Å²) >= 11 is 0. The standard InChI is InChI=1S/C13H19N3O5/c1-3-4-14-20-7-10-9(17)5-11(21-10)16-6-8(2)12(18)15-13(16)19/h3,6,9-11,14,17H,1,4-5,7H2,2H3,(H,15,18,19)/t9-,10+,11+/m0/s1. The van der Waals surface area contributed by atoms with Gasteiger partial charge in [-0.15, -0.1) is 6.58 Å². The quantitative estimate of drug-likeness (QED) is 0.361. The Hall–Kier alpha value is -1.74. The fourth-order valence-electron chi connectivity index (χ4n) is 2.09. The van der Waals surface area contributed by atoms with Gasteiger partial charge in [-0.3, -0.25) is 19.2 Å². The van der Waals surface area contributed by atoms with E-state index in [0.29, 0.717) is 12.1 Å². The van der Waals surface area contributed by atoms with Gasteiger partial charge in [0.05, 0.1) is 12.7 Å². The molecule has 1 fully saturated rings. The lowest BCUT2D eigenvalue weighted by Crippen LogP contribution is -2.33. The number of aromatic nitrogens is 2. The molecule has 1 aromatic heterocycles. The lowest BCUT2D eigenvalue weighted by molar-refractivity contribution is -0.0840. The summed E-state index contributed by atoms with van der Waals surface area (Å²) in [7, 11) is 0. The molecule has 1 aliphatic rings. The molecule has 8 heteroatoms. The van der Waals surface area contributed by atoms with Gasteiger partial charge in [-0.05, 0) is 6.92 Å². The molecule has 0 amide bonds. The van der Waals surface area contributed by atoms with Crippen LogP contribution < -0.4 is 16.7 Å². The molecule has 2 heterocycles. The third-order valence-electron chi connectivity index (χ3n) is 3.24. The zero-order valence-corrected chi connectivity index (χ0v) is 11.7. The summed E-state index contributed by atoms with van der Waals surface area (Å²) in [6, 6.07) is 0. The van der Waals surface area contributed by atoms with Crippen molar-refractivity contribution in [2.24, 2.45) is 0 Å². The van der Waals surface area contributed by atoms with Gasteiger partial charge in [0.2, 0.25) is 0 Å². The molecule has 0 spiro atoms. The number of hydrogen-bond donors (Lipinski definition) is 3. The van der Waals surface area contributed by atoms with Crippen LogP contribution in [-0.2, 0) is 9.57 Å². The van der Waals surface area contributed by atoms with Crippen molar-refractivity contribution in [1.82, 2.24) is 15.0 Å². The van der Waals surface area contributed by atoms with Crippen LogP contribution in [0.2, 0.25) is 0 Å². The fourth-order valence-corrected chi connectivity index (χ4v) is 2.09. The number of nitrogens with one attached hydrogen (secondary N) is 2. The first-order valence-corrected chi connectivity index (χ1v) is 6.64. The minimum absolute atomic E-state index is 0.141. The van der Waals surface area contributed by atoms with Gasteiger partial charge < -0.3 is 9.84 Å². The average Bonchev–Trinajstić information content (AvgIpc) is 2.80. The Kier molecular flexibility index (Phi) is 5.07. The molecule has 2 rings (SSSR count). The molecule has 21 heavy (non-hydrogen) atoms. The van der Waals surface area contributed by atoms with E-state index in [2.05, 4.69) is 17.0 Å². The van der Waals surface area contributed by atoms with Gasteiger partial charge in [0.1, 0.15) is 12.3 Å². The normalized spacial score (nSPS) is 25.1.